The summed E-state index contributed by atoms with van der Waals surface area (Å²) in [6.07, 6.45) is 3.25. The number of hydrogen-bond donors (Lipinski definition) is 1. The van der Waals surface area contributed by atoms with E-state index in [4.69, 9.17) is 16.3 Å². The van der Waals surface area contributed by atoms with Crippen molar-refractivity contribution < 1.29 is 9.84 Å². The third-order valence-corrected chi connectivity index (χ3v) is 5.25. The molecule has 4 heteroatoms. The zero-order valence-electron chi connectivity index (χ0n) is 14.1. The first-order valence-corrected chi connectivity index (χ1v) is 8.59. The largest absolute Gasteiger partial charge is 0.491 e. The van der Waals surface area contributed by atoms with Crippen LogP contribution in [0.4, 0.5) is 0 Å². The van der Waals surface area contributed by atoms with Gasteiger partial charge in [-0.3, -0.25) is 4.90 Å². The van der Waals surface area contributed by atoms with E-state index in [0.717, 1.165) is 21.9 Å². The van der Waals surface area contributed by atoms with Crippen LogP contribution in [0.3, 0.4) is 0 Å². The summed E-state index contributed by atoms with van der Waals surface area (Å²) in [6, 6.07) is 4.93. The van der Waals surface area contributed by atoms with Crippen LogP contribution in [0.1, 0.15) is 44.2 Å². The molecule has 0 radical (unpaired) electrons. The number of likely N-dealkylation sites (tertiary alicyclic amines) is 1. The summed E-state index contributed by atoms with van der Waals surface area (Å²) in [5, 5.41) is 11.1. The molecule has 2 rings (SSSR count). The van der Waals surface area contributed by atoms with Crippen LogP contribution < -0.4 is 4.74 Å². The molecule has 1 aromatic carbocycles. The third-order valence-electron chi connectivity index (χ3n) is 4.65. The SMILES string of the molecule is Cc1cc(OC[C@H](O)CN2[C@H](C)CCC[C@@H]2C)cc(C)c1Cl. The number of rotatable bonds is 5. The molecule has 3 nitrogen and oxygen atoms in total. The predicted octanol–water partition coefficient (Wildman–Crippen LogP) is 3.96. The Labute approximate surface area is 139 Å². The summed E-state index contributed by atoms with van der Waals surface area (Å²) >= 11 is 6.16. The average molecular weight is 326 g/mol. The molecule has 1 fully saturated rings. The second-order valence-corrected chi connectivity index (χ2v) is 7.04. The average Bonchev–Trinajstić information content (AvgIpc) is 2.46. The van der Waals surface area contributed by atoms with Gasteiger partial charge in [-0.05, 0) is 63.8 Å². The summed E-state index contributed by atoms with van der Waals surface area (Å²) in [6.45, 7) is 9.42. The van der Waals surface area contributed by atoms with Crippen LogP contribution in [0.15, 0.2) is 12.1 Å². The van der Waals surface area contributed by atoms with Crippen molar-refractivity contribution in [2.45, 2.75) is 65.1 Å². The van der Waals surface area contributed by atoms with Crippen molar-refractivity contribution in [3.05, 3.63) is 28.3 Å². The van der Waals surface area contributed by atoms with Gasteiger partial charge in [-0.1, -0.05) is 18.0 Å². The molecule has 1 N–H and O–H groups in total. The summed E-state index contributed by atoms with van der Waals surface area (Å²) in [5.41, 5.74) is 2.01. The number of piperidine rings is 1. The van der Waals surface area contributed by atoms with Crippen LogP contribution in [0.25, 0.3) is 0 Å². The van der Waals surface area contributed by atoms with E-state index in [0.29, 0.717) is 25.2 Å². The highest BCUT2D eigenvalue weighted by molar-refractivity contribution is 6.32. The number of hydrogen-bond acceptors (Lipinski definition) is 3. The maximum absolute atomic E-state index is 10.3. The van der Waals surface area contributed by atoms with Crippen molar-refractivity contribution in [2.75, 3.05) is 13.2 Å². The van der Waals surface area contributed by atoms with E-state index in [1.54, 1.807) is 0 Å². The van der Waals surface area contributed by atoms with Gasteiger partial charge in [0.1, 0.15) is 18.5 Å². The Morgan fingerprint density at radius 3 is 2.32 bits per heavy atom. The number of aryl methyl sites for hydroxylation is 2. The molecule has 0 aromatic heterocycles. The molecule has 1 heterocycles. The smallest absolute Gasteiger partial charge is 0.120 e. The topological polar surface area (TPSA) is 32.7 Å². The normalized spacial score (nSPS) is 24.3. The minimum absolute atomic E-state index is 0.316. The molecule has 22 heavy (non-hydrogen) atoms. The molecule has 0 saturated carbocycles. The number of nitrogens with zero attached hydrogens (tertiary/aromatic N) is 1. The Bertz CT molecular complexity index is 473. The lowest BCUT2D eigenvalue weighted by Gasteiger charge is -2.40. The van der Waals surface area contributed by atoms with Gasteiger partial charge < -0.3 is 9.84 Å². The first kappa shape index (κ1) is 17.6. The van der Waals surface area contributed by atoms with E-state index >= 15 is 0 Å². The summed E-state index contributed by atoms with van der Waals surface area (Å²) in [7, 11) is 0. The monoisotopic (exact) mass is 325 g/mol. The molecule has 124 valence electrons. The second kappa shape index (κ2) is 7.67. The van der Waals surface area contributed by atoms with Crippen molar-refractivity contribution in [1.29, 1.82) is 0 Å². The Morgan fingerprint density at radius 2 is 1.77 bits per heavy atom. The van der Waals surface area contributed by atoms with Crippen molar-refractivity contribution in [1.82, 2.24) is 4.90 Å². The molecule has 0 bridgehead atoms. The van der Waals surface area contributed by atoms with Crippen molar-refractivity contribution in [3.63, 3.8) is 0 Å². The highest BCUT2D eigenvalue weighted by atomic mass is 35.5. The van der Waals surface area contributed by atoms with Gasteiger partial charge in [-0.25, -0.2) is 0 Å². The van der Waals surface area contributed by atoms with Crippen LogP contribution >= 0.6 is 11.6 Å². The number of β-amino-alcohol motifs (C(OH)–C–C–N with tert-alkyl or cyclic N) is 1. The van der Waals surface area contributed by atoms with Crippen molar-refractivity contribution >= 4 is 11.6 Å². The van der Waals surface area contributed by atoms with E-state index in [1.165, 1.54) is 19.3 Å². The van der Waals surface area contributed by atoms with Gasteiger partial charge in [0, 0.05) is 23.7 Å². The molecule has 0 unspecified atom stereocenters. The Balaban J connectivity index is 1.88. The summed E-state index contributed by atoms with van der Waals surface area (Å²) in [4.78, 5) is 2.40. The highest BCUT2D eigenvalue weighted by Crippen LogP contribution is 2.26. The molecule has 3 atom stereocenters. The molecule has 1 aliphatic heterocycles. The van der Waals surface area contributed by atoms with Gasteiger partial charge in [-0.15, -0.1) is 0 Å². The van der Waals surface area contributed by atoms with Gasteiger partial charge in [-0.2, -0.15) is 0 Å². The van der Waals surface area contributed by atoms with Gasteiger partial charge >= 0.3 is 0 Å². The lowest BCUT2D eigenvalue weighted by Crippen LogP contribution is -2.48. The highest BCUT2D eigenvalue weighted by Gasteiger charge is 2.26. The predicted molar refractivity (Wildman–Crippen MR) is 91.9 cm³/mol. The number of benzene rings is 1. The zero-order chi connectivity index (χ0) is 16.3. The van der Waals surface area contributed by atoms with Crippen LogP contribution in [0.2, 0.25) is 5.02 Å². The maximum atomic E-state index is 10.3. The first-order valence-electron chi connectivity index (χ1n) is 8.22. The molecule has 0 spiro atoms. The summed E-state index contributed by atoms with van der Waals surface area (Å²) in [5.74, 6) is 0.776. The molecule has 0 amide bonds. The van der Waals surface area contributed by atoms with E-state index in [-0.39, 0.29) is 0 Å². The second-order valence-electron chi connectivity index (χ2n) is 6.66. The van der Waals surface area contributed by atoms with Crippen LogP contribution in [0, 0.1) is 13.8 Å². The molecular weight excluding hydrogens is 298 g/mol. The fraction of sp³-hybridized carbons (Fsp3) is 0.667. The summed E-state index contributed by atoms with van der Waals surface area (Å²) < 4.78 is 5.76. The van der Waals surface area contributed by atoms with Gasteiger partial charge in [0.2, 0.25) is 0 Å². The lowest BCUT2D eigenvalue weighted by molar-refractivity contribution is 0.0208. The van der Waals surface area contributed by atoms with E-state index in [9.17, 15) is 5.11 Å². The molecule has 1 aromatic rings. The minimum atomic E-state index is -0.473. The molecular formula is C18H28ClNO2. The van der Waals surface area contributed by atoms with Crippen LogP contribution in [-0.4, -0.2) is 41.3 Å². The fourth-order valence-electron chi connectivity index (χ4n) is 3.31. The zero-order valence-corrected chi connectivity index (χ0v) is 14.9. The Hall–Kier alpha value is -0.770. The Kier molecular flexibility index (Phi) is 6.13. The minimum Gasteiger partial charge on any atom is -0.491 e. The van der Waals surface area contributed by atoms with Crippen molar-refractivity contribution in [2.24, 2.45) is 0 Å². The molecule has 1 aliphatic rings. The van der Waals surface area contributed by atoms with Gasteiger partial charge in [0.15, 0.2) is 0 Å². The fourth-order valence-corrected chi connectivity index (χ4v) is 3.42. The number of aliphatic hydroxyl groups excluding tert-OH is 1. The first-order chi connectivity index (χ1) is 10.4. The standard InChI is InChI=1S/C18H28ClNO2/c1-12-8-17(9-13(2)18(12)19)22-11-16(21)10-20-14(3)6-5-7-15(20)4/h8-9,14-16,21H,5-7,10-11H2,1-4H3/t14-,15+,16-/m1/s1. The Morgan fingerprint density at radius 1 is 1.23 bits per heavy atom. The van der Waals surface area contributed by atoms with Crippen LogP contribution in [-0.2, 0) is 0 Å². The molecule has 1 saturated heterocycles. The molecule has 0 aliphatic carbocycles. The van der Waals surface area contributed by atoms with E-state index in [2.05, 4.69) is 18.7 Å². The van der Waals surface area contributed by atoms with E-state index < -0.39 is 6.10 Å². The van der Waals surface area contributed by atoms with Crippen molar-refractivity contribution in [3.8, 4) is 5.75 Å². The van der Waals surface area contributed by atoms with E-state index in [1.807, 2.05) is 26.0 Å². The third kappa shape index (κ3) is 4.37. The quantitative estimate of drug-likeness (QED) is 0.889. The number of halogens is 1. The maximum Gasteiger partial charge on any atom is 0.120 e. The van der Waals surface area contributed by atoms with Gasteiger partial charge in [0.25, 0.3) is 0 Å². The number of aliphatic hydroxyl groups is 1. The van der Waals surface area contributed by atoms with Crippen LogP contribution in [0.5, 0.6) is 5.75 Å². The lowest BCUT2D eigenvalue weighted by atomic mass is 9.97. The number of ether oxygens (including phenoxy) is 1. The van der Waals surface area contributed by atoms with Gasteiger partial charge in [0.05, 0.1) is 0 Å².